The van der Waals surface area contributed by atoms with E-state index in [2.05, 4.69) is 30.8 Å². The molecule has 0 aliphatic heterocycles. The van der Waals surface area contributed by atoms with Gasteiger partial charge in [0, 0.05) is 15.7 Å². The van der Waals surface area contributed by atoms with Crippen molar-refractivity contribution in [2.24, 2.45) is 0 Å². The minimum atomic E-state index is -0.308. The van der Waals surface area contributed by atoms with E-state index in [9.17, 15) is 4.79 Å². The first-order valence-electron chi connectivity index (χ1n) is 7.32. The normalized spacial score (nSPS) is 11.7. The van der Waals surface area contributed by atoms with Crippen LogP contribution in [0, 0.1) is 0 Å². The van der Waals surface area contributed by atoms with E-state index >= 15 is 0 Å². The standard InChI is InChI=1S/C19H20O2S/c1-3-21-19(20)15(2)14-18(16-10-6-4-7-11-16)22-17-12-8-5-9-13-17/h4-13,18H,2-3,14H2,1H3. The fourth-order valence-corrected chi connectivity index (χ4v) is 3.32. The molecule has 0 saturated heterocycles. The molecule has 0 fully saturated rings. The molecule has 0 aromatic heterocycles. The van der Waals surface area contributed by atoms with Crippen molar-refractivity contribution in [1.82, 2.24) is 0 Å². The number of benzene rings is 2. The van der Waals surface area contributed by atoms with Crippen LogP contribution in [0.25, 0.3) is 0 Å². The molecule has 0 bridgehead atoms. The predicted molar refractivity (Wildman–Crippen MR) is 91.9 cm³/mol. The second-order valence-corrected chi connectivity index (χ2v) is 6.13. The Bertz CT molecular complexity index is 608. The summed E-state index contributed by atoms with van der Waals surface area (Å²) in [5.41, 5.74) is 1.70. The molecule has 0 radical (unpaired) electrons. The van der Waals surface area contributed by atoms with Gasteiger partial charge >= 0.3 is 5.97 Å². The topological polar surface area (TPSA) is 26.3 Å². The number of hydrogen-bond donors (Lipinski definition) is 0. The van der Waals surface area contributed by atoms with Crippen molar-refractivity contribution in [3.05, 3.63) is 78.4 Å². The first kappa shape index (κ1) is 16.4. The van der Waals surface area contributed by atoms with Crippen LogP contribution in [0.4, 0.5) is 0 Å². The average molecular weight is 312 g/mol. The second kappa shape index (κ2) is 8.44. The van der Waals surface area contributed by atoms with Crippen LogP contribution >= 0.6 is 11.8 Å². The van der Waals surface area contributed by atoms with Crippen LogP contribution in [-0.4, -0.2) is 12.6 Å². The highest BCUT2D eigenvalue weighted by molar-refractivity contribution is 7.99. The molecule has 1 unspecified atom stereocenters. The summed E-state index contributed by atoms with van der Waals surface area (Å²) in [5, 5.41) is 0.139. The lowest BCUT2D eigenvalue weighted by molar-refractivity contribution is -0.138. The Morgan fingerprint density at radius 2 is 1.68 bits per heavy atom. The van der Waals surface area contributed by atoms with Crippen LogP contribution in [0.2, 0.25) is 0 Å². The zero-order valence-corrected chi connectivity index (χ0v) is 13.5. The molecule has 0 N–H and O–H groups in total. The molecule has 0 aliphatic carbocycles. The van der Waals surface area contributed by atoms with E-state index < -0.39 is 0 Å². The molecular weight excluding hydrogens is 292 g/mol. The monoisotopic (exact) mass is 312 g/mol. The summed E-state index contributed by atoms with van der Waals surface area (Å²) in [6.07, 6.45) is 0.572. The number of hydrogen-bond acceptors (Lipinski definition) is 3. The average Bonchev–Trinajstić information content (AvgIpc) is 2.56. The van der Waals surface area contributed by atoms with Gasteiger partial charge in [0.1, 0.15) is 0 Å². The lowest BCUT2D eigenvalue weighted by Gasteiger charge is -2.18. The van der Waals surface area contributed by atoms with E-state index in [-0.39, 0.29) is 11.2 Å². The number of thioether (sulfide) groups is 1. The first-order chi connectivity index (χ1) is 10.7. The van der Waals surface area contributed by atoms with E-state index in [1.165, 1.54) is 10.5 Å². The zero-order valence-electron chi connectivity index (χ0n) is 12.7. The Morgan fingerprint density at radius 1 is 1.09 bits per heavy atom. The van der Waals surface area contributed by atoms with E-state index in [4.69, 9.17) is 4.74 Å². The molecule has 114 valence electrons. The molecule has 3 heteroatoms. The molecular formula is C19H20O2S. The summed E-state index contributed by atoms with van der Waals surface area (Å²) in [6, 6.07) is 20.4. The third-order valence-electron chi connectivity index (χ3n) is 3.19. The highest BCUT2D eigenvalue weighted by Gasteiger charge is 2.18. The van der Waals surface area contributed by atoms with Gasteiger partial charge in [0.15, 0.2) is 0 Å². The number of rotatable bonds is 7. The first-order valence-corrected chi connectivity index (χ1v) is 8.20. The third-order valence-corrected chi connectivity index (χ3v) is 4.46. The zero-order chi connectivity index (χ0) is 15.8. The molecule has 0 heterocycles. The molecule has 2 aromatic rings. The largest absolute Gasteiger partial charge is 0.463 e. The number of carbonyl (C=O) groups is 1. The van der Waals surface area contributed by atoms with E-state index in [1.54, 1.807) is 18.7 Å². The van der Waals surface area contributed by atoms with Gasteiger partial charge in [-0.3, -0.25) is 0 Å². The minimum Gasteiger partial charge on any atom is -0.463 e. The van der Waals surface area contributed by atoms with Crippen LogP contribution in [0.15, 0.2) is 77.7 Å². The Balaban J connectivity index is 2.15. The summed E-state index contributed by atoms with van der Waals surface area (Å²) in [7, 11) is 0. The van der Waals surface area contributed by atoms with Gasteiger partial charge in [0.2, 0.25) is 0 Å². The lowest BCUT2D eigenvalue weighted by atomic mass is 10.1. The molecule has 1 atom stereocenters. The van der Waals surface area contributed by atoms with Crippen molar-refractivity contribution in [1.29, 1.82) is 0 Å². The van der Waals surface area contributed by atoms with Gasteiger partial charge in [0.25, 0.3) is 0 Å². The quantitative estimate of drug-likeness (QED) is 0.407. The molecule has 22 heavy (non-hydrogen) atoms. The Labute approximate surface area is 136 Å². The number of ether oxygens (including phenoxy) is 1. The van der Waals surface area contributed by atoms with Crippen molar-refractivity contribution in [2.45, 2.75) is 23.5 Å². The maximum absolute atomic E-state index is 11.8. The maximum atomic E-state index is 11.8. The van der Waals surface area contributed by atoms with E-state index in [1.807, 2.05) is 36.4 Å². The third kappa shape index (κ3) is 4.78. The van der Waals surface area contributed by atoms with Gasteiger partial charge in [-0.15, -0.1) is 11.8 Å². The van der Waals surface area contributed by atoms with Crippen LogP contribution in [0.1, 0.15) is 24.2 Å². The molecule has 0 spiro atoms. The summed E-state index contributed by atoms with van der Waals surface area (Å²) < 4.78 is 5.04. The second-order valence-electron chi connectivity index (χ2n) is 4.86. The number of esters is 1. The van der Waals surface area contributed by atoms with Crippen molar-refractivity contribution in [3.8, 4) is 0 Å². The van der Waals surface area contributed by atoms with Gasteiger partial charge in [-0.2, -0.15) is 0 Å². The van der Waals surface area contributed by atoms with Crippen molar-refractivity contribution < 1.29 is 9.53 Å². The Morgan fingerprint density at radius 3 is 2.27 bits per heavy atom. The SMILES string of the molecule is C=C(CC(Sc1ccccc1)c1ccccc1)C(=O)OCC. The summed E-state index contributed by atoms with van der Waals surface area (Å²) >= 11 is 1.74. The van der Waals surface area contributed by atoms with E-state index in [0.717, 1.165) is 0 Å². The summed E-state index contributed by atoms with van der Waals surface area (Å²) in [5.74, 6) is -0.308. The minimum absolute atomic E-state index is 0.139. The van der Waals surface area contributed by atoms with Gasteiger partial charge in [-0.05, 0) is 31.0 Å². The molecule has 2 nitrogen and oxygen atoms in total. The van der Waals surface area contributed by atoms with Crippen molar-refractivity contribution in [2.75, 3.05) is 6.61 Å². The molecule has 2 aromatic carbocycles. The summed E-state index contributed by atoms with van der Waals surface area (Å²) in [4.78, 5) is 13.0. The van der Waals surface area contributed by atoms with Crippen LogP contribution < -0.4 is 0 Å². The molecule has 2 rings (SSSR count). The fourth-order valence-electron chi connectivity index (χ4n) is 2.10. The highest BCUT2D eigenvalue weighted by Crippen LogP contribution is 2.39. The number of carbonyl (C=O) groups excluding carboxylic acids is 1. The van der Waals surface area contributed by atoms with Gasteiger partial charge < -0.3 is 4.74 Å². The fraction of sp³-hybridized carbons (Fsp3) is 0.211. The van der Waals surface area contributed by atoms with Gasteiger partial charge in [-0.25, -0.2) is 4.79 Å². The van der Waals surface area contributed by atoms with Crippen LogP contribution in [0.5, 0.6) is 0 Å². The van der Waals surface area contributed by atoms with Crippen LogP contribution in [-0.2, 0) is 9.53 Å². The Hall–Kier alpha value is -2.00. The lowest BCUT2D eigenvalue weighted by Crippen LogP contribution is -2.09. The summed E-state index contributed by atoms with van der Waals surface area (Å²) in [6.45, 7) is 6.07. The van der Waals surface area contributed by atoms with E-state index in [0.29, 0.717) is 18.6 Å². The predicted octanol–water partition coefficient (Wildman–Crippen LogP) is 5.03. The smallest absolute Gasteiger partial charge is 0.333 e. The molecule has 0 amide bonds. The van der Waals surface area contributed by atoms with Crippen LogP contribution in [0.3, 0.4) is 0 Å². The highest BCUT2D eigenvalue weighted by atomic mass is 32.2. The van der Waals surface area contributed by atoms with Crippen molar-refractivity contribution in [3.63, 3.8) is 0 Å². The molecule has 0 aliphatic rings. The van der Waals surface area contributed by atoms with Crippen molar-refractivity contribution >= 4 is 17.7 Å². The van der Waals surface area contributed by atoms with Gasteiger partial charge in [-0.1, -0.05) is 55.1 Å². The maximum Gasteiger partial charge on any atom is 0.333 e. The van der Waals surface area contributed by atoms with Gasteiger partial charge in [0.05, 0.1) is 6.61 Å². The Kier molecular flexibility index (Phi) is 6.28. The molecule has 0 saturated carbocycles.